The summed E-state index contributed by atoms with van der Waals surface area (Å²) in [4.78, 5) is 57.4. The first-order chi connectivity index (χ1) is 35.4. The Morgan fingerprint density at radius 3 is 1.52 bits per heavy atom. The van der Waals surface area contributed by atoms with E-state index in [1.165, 1.54) is 12.1 Å². The van der Waals surface area contributed by atoms with Gasteiger partial charge in [-0.3, -0.25) is 9.59 Å². The summed E-state index contributed by atoms with van der Waals surface area (Å²) >= 11 is 12.6. The summed E-state index contributed by atoms with van der Waals surface area (Å²) in [6, 6.07) is 12.6. The van der Waals surface area contributed by atoms with Crippen molar-refractivity contribution in [3.63, 3.8) is 0 Å². The summed E-state index contributed by atoms with van der Waals surface area (Å²) in [5.41, 5.74) is 0.433. The molecule has 18 nitrogen and oxygen atoms in total. The predicted octanol–water partition coefficient (Wildman–Crippen LogP) is 9.01. The molecule has 6 heterocycles. The molecule has 5 N–H and O–H groups in total. The van der Waals surface area contributed by atoms with Crippen molar-refractivity contribution < 1.29 is 36.0 Å². The highest BCUT2D eigenvalue weighted by Crippen LogP contribution is 2.36. The number of likely N-dealkylation sites (tertiary alicyclic amines) is 1. The number of anilines is 2. The minimum Gasteiger partial charge on any atom is -0.444 e. The molecule has 2 saturated heterocycles. The van der Waals surface area contributed by atoms with Crippen LogP contribution in [-0.2, 0) is 24.8 Å². The van der Waals surface area contributed by atoms with Crippen molar-refractivity contribution in [1.29, 1.82) is 0 Å². The zero-order valence-electron chi connectivity index (χ0n) is 47.4. The van der Waals surface area contributed by atoms with E-state index < -0.39 is 53.6 Å². The molecule has 77 heavy (non-hydrogen) atoms. The third kappa shape index (κ3) is 17.9. The van der Waals surface area contributed by atoms with Gasteiger partial charge in [-0.05, 0) is 166 Å². The van der Waals surface area contributed by atoms with Gasteiger partial charge in [-0.25, -0.2) is 34.2 Å². The van der Waals surface area contributed by atoms with Gasteiger partial charge < -0.3 is 25.6 Å². The molecular weight excluding hydrogens is 1100 g/mol. The lowest BCUT2D eigenvalue weighted by atomic mass is 9.93. The van der Waals surface area contributed by atoms with E-state index in [1.807, 2.05) is 25.7 Å². The average molecular weight is 1180 g/mol. The van der Waals surface area contributed by atoms with Crippen LogP contribution in [0, 0.1) is 25.7 Å². The minimum absolute atomic E-state index is 0.162. The van der Waals surface area contributed by atoms with Gasteiger partial charge >= 0.3 is 6.09 Å². The van der Waals surface area contributed by atoms with Gasteiger partial charge in [-0.1, -0.05) is 74.6 Å². The molecule has 2 fully saturated rings. The molecule has 4 aromatic rings. The number of amides is 3. The third-order valence-corrected chi connectivity index (χ3v) is 20.7. The van der Waals surface area contributed by atoms with Crippen molar-refractivity contribution in [3.8, 4) is 0 Å². The van der Waals surface area contributed by atoms with Crippen LogP contribution in [0.2, 0.25) is 49.6 Å². The zero-order chi connectivity index (χ0) is 57.7. The first kappa shape index (κ1) is 63.1. The molecule has 0 aromatic carbocycles. The van der Waals surface area contributed by atoms with Crippen molar-refractivity contribution in [2.24, 2.45) is 11.8 Å². The molecule has 0 bridgehead atoms. The molecule has 0 aliphatic carbocycles. The standard InChI is InChI=1S/C29H44ClN5O5SSi.C24H36ClN5O3SSi/c1-19-21(16-22(25(30)32-19)42(7,8)9)26(36)34-41(38,39)24-14-10-13-23(33-24)31-15-11-12-20-17-29(5,6)35(18-20)27(37)40-28(2,3)4;1-16-18(13-19(22(25)28-16)35(4,5)6)23(31)30-34(32,33)21-11-7-10-20(29-21)26-12-8-9-17-14-24(2,3)27-15-17/h10,13-14,16,20H,11-12,15,17-18H2,1-9H3,(H,31,33)(H,34,36);7,10-11,13,17,27H,8-9,12,14-15H2,1-6H3,(H,26,29)(H,30,31)/t20-;17-/m00/s1. The number of pyridine rings is 4. The molecule has 0 unspecified atom stereocenters. The lowest BCUT2D eigenvalue weighted by Gasteiger charge is -2.33. The normalized spacial score (nSPS) is 17.5. The number of rotatable bonds is 18. The van der Waals surface area contributed by atoms with E-state index in [1.54, 1.807) is 50.2 Å². The van der Waals surface area contributed by atoms with Gasteiger partial charge in [-0.2, -0.15) is 16.8 Å². The van der Waals surface area contributed by atoms with Crippen molar-refractivity contribution in [2.75, 3.05) is 36.8 Å². The molecule has 24 heteroatoms. The van der Waals surface area contributed by atoms with E-state index in [-0.39, 0.29) is 38.3 Å². The number of sulfonamides is 2. The highest BCUT2D eigenvalue weighted by molar-refractivity contribution is 7.90. The summed E-state index contributed by atoms with van der Waals surface area (Å²) in [6.07, 6.45) is 5.48. The van der Waals surface area contributed by atoms with Crippen LogP contribution in [0.4, 0.5) is 16.4 Å². The number of hydrogen-bond acceptors (Lipinski definition) is 15. The fourth-order valence-electron chi connectivity index (χ4n) is 9.37. The number of aryl methyl sites for hydroxylation is 2. The Balaban J connectivity index is 0.000000289. The van der Waals surface area contributed by atoms with E-state index in [0.29, 0.717) is 64.8 Å². The van der Waals surface area contributed by atoms with Crippen molar-refractivity contribution in [1.82, 2.24) is 39.6 Å². The minimum atomic E-state index is -4.24. The van der Waals surface area contributed by atoms with Crippen LogP contribution in [-0.4, -0.2) is 119 Å². The maximum absolute atomic E-state index is 13.1. The van der Waals surface area contributed by atoms with Crippen molar-refractivity contribution in [3.05, 3.63) is 81.4 Å². The lowest BCUT2D eigenvalue weighted by Crippen LogP contribution is -2.45. The van der Waals surface area contributed by atoms with Gasteiger partial charge in [0.1, 0.15) is 27.5 Å². The number of nitrogens with one attached hydrogen (secondary N) is 5. The molecule has 0 saturated carbocycles. The molecule has 2 atom stereocenters. The van der Waals surface area contributed by atoms with Crippen LogP contribution in [0.3, 0.4) is 0 Å². The Labute approximate surface area is 469 Å². The summed E-state index contributed by atoms with van der Waals surface area (Å²) < 4.78 is 61.8. The van der Waals surface area contributed by atoms with E-state index >= 15 is 0 Å². The van der Waals surface area contributed by atoms with Crippen LogP contribution in [0.5, 0.6) is 0 Å². The fraction of sp³-hybridized carbons (Fsp3) is 0.566. The van der Waals surface area contributed by atoms with E-state index in [2.05, 4.69) is 112 Å². The molecule has 2 aliphatic heterocycles. The summed E-state index contributed by atoms with van der Waals surface area (Å²) in [7, 11) is -12.2. The molecule has 3 amide bonds. The highest BCUT2D eigenvalue weighted by atomic mass is 35.5. The Morgan fingerprint density at radius 2 is 1.13 bits per heavy atom. The first-order valence-corrected chi connectivity index (χ1v) is 36.8. The van der Waals surface area contributed by atoms with Crippen LogP contribution in [0.25, 0.3) is 0 Å². The largest absolute Gasteiger partial charge is 0.444 e. The Kier molecular flexibility index (Phi) is 20.3. The third-order valence-electron chi connectivity index (χ3n) is 13.3. The molecule has 424 valence electrons. The molecule has 6 rings (SSSR count). The van der Waals surface area contributed by atoms with Gasteiger partial charge in [0.05, 0.1) is 38.7 Å². The second kappa shape index (κ2) is 24.7. The highest BCUT2D eigenvalue weighted by Gasteiger charge is 2.42. The number of ether oxygens (including phenoxy) is 1. The quantitative estimate of drug-likeness (QED) is 0.0355. The molecule has 0 radical (unpaired) electrons. The Morgan fingerprint density at radius 1 is 0.701 bits per heavy atom. The average Bonchev–Trinajstić information content (AvgIpc) is 3.80. The van der Waals surface area contributed by atoms with Crippen LogP contribution in [0.1, 0.15) is 119 Å². The number of nitrogens with zero attached hydrogens (tertiary/aromatic N) is 5. The van der Waals surface area contributed by atoms with Crippen molar-refractivity contribution >= 4 is 99.3 Å². The number of hydrogen-bond donors (Lipinski definition) is 5. The first-order valence-electron chi connectivity index (χ1n) is 26.0. The predicted molar refractivity (Wildman–Crippen MR) is 312 cm³/mol. The molecule has 0 spiro atoms. The van der Waals surface area contributed by atoms with Gasteiger partial charge in [-0.15, -0.1) is 0 Å². The maximum atomic E-state index is 13.1. The van der Waals surface area contributed by atoms with Gasteiger partial charge in [0, 0.05) is 30.7 Å². The second-order valence-electron chi connectivity index (χ2n) is 24.5. The van der Waals surface area contributed by atoms with Crippen LogP contribution in [0.15, 0.2) is 58.6 Å². The van der Waals surface area contributed by atoms with Gasteiger partial charge in [0.2, 0.25) is 0 Å². The zero-order valence-corrected chi connectivity index (χ0v) is 52.6. The topological polar surface area (TPSA) is 244 Å². The summed E-state index contributed by atoms with van der Waals surface area (Å²) in [6.45, 7) is 32.8. The lowest BCUT2D eigenvalue weighted by molar-refractivity contribution is 0.0130. The van der Waals surface area contributed by atoms with Crippen LogP contribution >= 0.6 is 23.2 Å². The number of aromatic nitrogens is 4. The van der Waals surface area contributed by atoms with Gasteiger partial charge in [0.25, 0.3) is 31.9 Å². The monoisotopic (exact) mass is 1170 g/mol. The number of halogens is 2. The second-order valence-corrected chi connectivity index (χ2v) is 38.5. The molecular formula is C53H80Cl2N10O8S2Si2. The molecule has 2 aliphatic rings. The van der Waals surface area contributed by atoms with Gasteiger partial charge in [0.15, 0.2) is 10.1 Å². The molecule has 4 aromatic heterocycles. The number of carbonyl (C=O) groups is 3. The smallest absolute Gasteiger partial charge is 0.410 e. The van der Waals surface area contributed by atoms with E-state index in [4.69, 9.17) is 27.9 Å². The summed E-state index contributed by atoms with van der Waals surface area (Å²) in [5.74, 6) is 0.287. The van der Waals surface area contributed by atoms with Crippen molar-refractivity contribution in [2.45, 2.75) is 167 Å². The fourth-order valence-corrected chi connectivity index (χ4v) is 15.8. The Bertz CT molecular complexity index is 3040. The maximum Gasteiger partial charge on any atom is 0.410 e. The number of carbonyl (C=O) groups excluding carboxylic acids is 3. The van der Waals surface area contributed by atoms with Crippen LogP contribution < -0.4 is 35.8 Å². The summed E-state index contributed by atoms with van der Waals surface area (Å²) in [5, 5.41) is 11.7. The SMILES string of the molecule is Cc1nc(Cl)c([Si](C)(C)C)cc1C(=O)NS(=O)(=O)c1cccc(NCCC[C@@H]2CN(C(=O)OC(C)(C)C)C(C)(C)C2)n1.Cc1nc(Cl)c([Si](C)(C)C)cc1C(=O)NS(=O)(=O)c1cccc(NCCC[C@@H]2CNC(C)(C)C2)n1. The van der Waals surface area contributed by atoms with E-state index in [0.717, 1.165) is 55.4 Å². The Hall–Kier alpha value is -4.72. The van der Waals surface area contributed by atoms with E-state index in [9.17, 15) is 31.2 Å².